The fraction of sp³-hybridized carbons (Fsp3) is 0.581. The van der Waals surface area contributed by atoms with E-state index in [9.17, 15) is 19.2 Å². The number of nitrogens with two attached hydrogens (primary N) is 6. The normalized spacial score (nSPS) is 12.5. The molecule has 1 rings (SSSR count). The molecule has 17 heteroatoms. The summed E-state index contributed by atoms with van der Waals surface area (Å²) < 4.78 is 0. The van der Waals surface area contributed by atoms with E-state index in [1.165, 1.54) is 0 Å². The molecule has 0 saturated heterocycles. The van der Waals surface area contributed by atoms with Crippen molar-refractivity contribution >= 4 is 41.5 Å². The van der Waals surface area contributed by atoms with E-state index in [2.05, 4.69) is 36.2 Å². The van der Waals surface area contributed by atoms with Crippen molar-refractivity contribution < 1.29 is 19.2 Å². The van der Waals surface area contributed by atoms with Crippen LogP contribution in [0.15, 0.2) is 45.3 Å². The predicted molar refractivity (Wildman–Crippen MR) is 188 cm³/mol. The summed E-state index contributed by atoms with van der Waals surface area (Å²) in [6.07, 6.45) is 3.58. The third-order valence-electron chi connectivity index (χ3n) is 7.06. The molecule has 48 heavy (non-hydrogen) atoms. The van der Waals surface area contributed by atoms with Crippen molar-refractivity contribution in [2.24, 2.45) is 55.3 Å². The number of hydrogen-bond donors (Lipinski definition) is 10. The molecule has 0 aliphatic heterocycles. The molecule has 4 amide bonds. The van der Waals surface area contributed by atoms with Crippen LogP contribution in [0.3, 0.4) is 0 Å². The highest BCUT2D eigenvalue weighted by molar-refractivity contribution is 5.94. The van der Waals surface area contributed by atoms with E-state index in [0.29, 0.717) is 32.4 Å². The van der Waals surface area contributed by atoms with Gasteiger partial charge in [0, 0.05) is 26.2 Å². The molecule has 0 fully saturated rings. The smallest absolute Gasteiger partial charge is 0.243 e. The summed E-state index contributed by atoms with van der Waals surface area (Å²) in [7, 11) is 0. The van der Waals surface area contributed by atoms with Crippen LogP contribution in [0.5, 0.6) is 0 Å². The van der Waals surface area contributed by atoms with Gasteiger partial charge in [-0.15, -0.1) is 0 Å². The van der Waals surface area contributed by atoms with Crippen LogP contribution in [0.2, 0.25) is 0 Å². The van der Waals surface area contributed by atoms with Gasteiger partial charge in [-0.1, -0.05) is 44.2 Å². The SMILES string of the molecule is CC(C)[C@H](NC(=O)[C@H](CCCN=C(N)N)NC(=O)Cc1ccccc1)C(=O)N[C@@H](CCCN=C(N)N)C(=O)NCCCCCN=C(N)N. The molecule has 1 aromatic carbocycles. The number of benzene rings is 1. The second kappa shape index (κ2) is 23.3. The molecule has 0 unspecified atom stereocenters. The first-order chi connectivity index (χ1) is 22.8. The van der Waals surface area contributed by atoms with E-state index in [0.717, 1.165) is 18.4 Å². The molecule has 0 aliphatic rings. The van der Waals surface area contributed by atoms with Crippen LogP contribution in [0.1, 0.15) is 64.4 Å². The molecule has 0 aromatic heterocycles. The third kappa shape index (κ3) is 18.8. The molecule has 0 radical (unpaired) electrons. The molecular weight excluding hydrogens is 618 g/mol. The minimum Gasteiger partial charge on any atom is -0.370 e. The monoisotopic (exact) mass is 673 g/mol. The molecule has 0 bridgehead atoms. The van der Waals surface area contributed by atoms with Crippen molar-refractivity contribution in [3.8, 4) is 0 Å². The second-order valence-electron chi connectivity index (χ2n) is 11.6. The Labute approximate surface area is 282 Å². The van der Waals surface area contributed by atoms with Gasteiger partial charge >= 0.3 is 0 Å². The van der Waals surface area contributed by atoms with Gasteiger partial charge in [0.2, 0.25) is 23.6 Å². The lowest BCUT2D eigenvalue weighted by Crippen LogP contribution is -2.58. The molecule has 0 aliphatic carbocycles. The molecule has 3 atom stereocenters. The number of guanidine groups is 3. The maximum absolute atomic E-state index is 13.6. The maximum Gasteiger partial charge on any atom is 0.243 e. The number of rotatable bonds is 23. The van der Waals surface area contributed by atoms with Crippen LogP contribution in [0.25, 0.3) is 0 Å². The number of carbonyl (C=O) groups excluding carboxylic acids is 4. The van der Waals surface area contributed by atoms with Crippen LogP contribution in [0, 0.1) is 5.92 Å². The molecule has 0 saturated carbocycles. The number of unbranched alkanes of at least 4 members (excludes halogenated alkanes) is 2. The molecule has 1 aromatic rings. The minimum atomic E-state index is -1.01. The highest BCUT2D eigenvalue weighted by Crippen LogP contribution is 2.09. The van der Waals surface area contributed by atoms with E-state index in [1.54, 1.807) is 13.8 Å². The Morgan fingerprint density at radius 3 is 1.67 bits per heavy atom. The lowest BCUT2D eigenvalue weighted by Gasteiger charge is -2.27. The van der Waals surface area contributed by atoms with Crippen molar-refractivity contribution in [3.63, 3.8) is 0 Å². The molecule has 268 valence electrons. The Bertz CT molecular complexity index is 1230. The summed E-state index contributed by atoms with van der Waals surface area (Å²) in [6, 6.07) is 6.22. The largest absolute Gasteiger partial charge is 0.370 e. The lowest BCUT2D eigenvalue weighted by molar-refractivity contribution is -0.134. The van der Waals surface area contributed by atoms with Crippen molar-refractivity contribution in [3.05, 3.63) is 35.9 Å². The van der Waals surface area contributed by atoms with Crippen LogP contribution in [0.4, 0.5) is 0 Å². The Morgan fingerprint density at radius 1 is 0.625 bits per heavy atom. The highest BCUT2D eigenvalue weighted by Gasteiger charge is 2.31. The summed E-state index contributed by atoms with van der Waals surface area (Å²) in [6.45, 7) is 4.93. The number of amides is 4. The van der Waals surface area contributed by atoms with Crippen LogP contribution >= 0.6 is 0 Å². The summed E-state index contributed by atoms with van der Waals surface area (Å²) in [5.74, 6) is -2.32. The van der Waals surface area contributed by atoms with Crippen molar-refractivity contribution in [2.75, 3.05) is 26.2 Å². The topological polar surface area (TPSA) is 310 Å². The fourth-order valence-corrected chi connectivity index (χ4v) is 4.58. The first kappa shape index (κ1) is 40.9. The van der Waals surface area contributed by atoms with Gasteiger partial charge < -0.3 is 55.7 Å². The Kier molecular flexibility index (Phi) is 19.8. The highest BCUT2D eigenvalue weighted by atomic mass is 16.2. The molecular formula is C31H55N13O4. The minimum absolute atomic E-state index is 0.0321. The second-order valence-corrected chi connectivity index (χ2v) is 11.6. The number of aliphatic imine (C=N–C) groups is 3. The Morgan fingerprint density at radius 2 is 1.15 bits per heavy atom. The molecule has 0 spiro atoms. The van der Waals surface area contributed by atoms with Gasteiger partial charge in [0.25, 0.3) is 0 Å². The number of nitrogens with zero attached hydrogens (tertiary/aromatic N) is 3. The quantitative estimate of drug-likeness (QED) is 0.0346. The van der Waals surface area contributed by atoms with E-state index in [1.807, 2.05) is 30.3 Å². The van der Waals surface area contributed by atoms with E-state index >= 15 is 0 Å². The average Bonchev–Trinajstić information content (AvgIpc) is 3.01. The zero-order chi connectivity index (χ0) is 35.9. The van der Waals surface area contributed by atoms with E-state index in [-0.39, 0.29) is 68.0 Å². The van der Waals surface area contributed by atoms with Gasteiger partial charge in [0.1, 0.15) is 18.1 Å². The van der Waals surface area contributed by atoms with Crippen LogP contribution in [-0.4, -0.2) is 85.8 Å². The summed E-state index contributed by atoms with van der Waals surface area (Å²) in [5, 5.41) is 11.2. The fourth-order valence-electron chi connectivity index (χ4n) is 4.58. The summed E-state index contributed by atoms with van der Waals surface area (Å²) in [4.78, 5) is 64.9. The third-order valence-corrected chi connectivity index (χ3v) is 7.06. The molecule has 0 heterocycles. The van der Waals surface area contributed by atoms with Crippen LogP contribution < -0.4 is 55.7 Å². The first-order valence-corrected chi connectivity index (χ1v) is 16.2. The Balaban J connectivity index is 2.98. The van der Waals surface area contributed by atoms with Gasteiger partial charge in [0.05, 0.1) is 6.42 Å². The van der Waals surface area contributed by atoms with Crippen molar-refractivity contribution in [2.45, 2.75) is 83.3 Å². The summed E-state index contributed by atoms with van der Waals surface area (Å²) >= 11 is 0. The number of nitrogens with one attached hydrogen (secondary N) is 4. The predicted octanol–water partition coefficient (Wildman–Crippen LogP) is -1.99. The van der Waals surface area contributed by atoms with Gasteiger partial charge in [-0.3, -0.25) is 34.2 Å². The Hall–Kier alpha value is -5.09. The molecule has 16 N–H and O–H groups in total. The number of hydrogen-bond acceptors (Lipinski definition) is 7. The standard InChI is InChI=1S/C31H55N13O4/c1-20(2)25(44-27(47)23(14-10-18-41-31(36)37)42-24(45)19-21-11-5-3-6-12-21)28(48)43-22(13-9-17-40-30(34)35)26(46)38-15-7-4-8-16-39-29(32)33/h3,5-6,11-12,20,22-23,25H,4,7-10,13-19H2,1-2H3,(H,38,46)(H,42,45)(H,43,48)(H,44,47)(H4,32,33,39)(H4,34,35,40)(H4,36,37,41)/t22-,23-,25-/m0/s1. The van der Waals surface area contributed by atoms with Gasteiger partial charge in [-0.25, -0.2) is 0 Å². The lowest BCUT2D eigenvalue weighted by atomic mass is 10.0. The van der Waals surface area contributed by atoms with E-state index in [4.69, 9.17) is 34.4 Å². The summed E-state index contributed by atoms with van der Waals surface area (Å²) in [5.41, 5.74) is 33.1. The zero-order valence-electron chi connectivity index (χ0n) is 28.1. The van der Waals surface area contributed by atoms with Crippen molar-refractivity contribution in [1.82, 2.24) is 21.3 Å². The van der Waals surface area contributed by atoms with Gasteiger partial charge in [0.15, 0.2) is 17.9 Å². The average molecular weight is 674 g/mol. The van der Waals surface area contributed by atoms with Crippen LogP contribution in [-0.2, 0) is 25.6 Å². The molecule has 17 nitrogen and oxygen atoms in total. The van der Waals surface area contributed by atoms with Gasteiger partial charge in [-0.05, 0) is 56.4 Å². The van der Waals surface area contributed by atoms with Crippen molar-refractivity contribution in [1.29, 1.82) is 0 Å². The number of carbonyl (C=O) groups is 4. The zero-order valence-corrected chi connectivity index (χ0v) is 28.1. The van der Waals surface area contributed by atoms with Gasteiger partial charge in [-0.2, -0.15) is 0 Å². The van der Waals surface area contributed by atoms with E-state index < -0.39 is 29.9 Å². The maximum atomic E-state index is 13.6. The first-order valence-electron chi connectivity index (χ1n) is 16.2.